The van der Waals surface area contributed by atoms with E-state index >= 15 is 0 Å². The minimum absolute atomic E-state index is 0.00614. The molecule has 3 heterocycles. The van der Waals surface area contributed by atoms with Crippen LogP contribution in [0, 0.1) is 0 Å². The summed E-state index contributed by atoms with van der Waals surface area (Å²) >= 11 is 0. The number of carbonyl (C=O) groups excluding carboxylic acids is 2. The lowest BCUT2D eigenvalue weighted by Gasteiger charge is -2.23. The zero-order chi connectivity index (χ0) is 28.8. The van der Waals surface area contributed by atoms with E-state index in [1.165, 1.54) is 0 Å². The summed E-state index contributed by atoms with van der Waals surface area (Å²) in [5.41, 5.74) is 2.96. The lowest BCUT2D eigenvalue weighted by Crippen LogP contribution is -2.47. The molecule has 0 saturated carbocycles. The molecule has 3 aromatic rings. The SMILES string of the molecule is COc1ccc2cc1Oc1cccc(c1)CO[C@H]1CN(C(=O)CN(C)Cc3cccnc3)C[C@@H]1NC(=O)CN(C)C2. The molecule has 2 atom stereocenters. The second-order valence-electron chi connectivity index (χ2n) is 10.8. The third-order valence-corrected chi connectivity index (χ3v) is 7.23. The van der Waals surface area contributed by atoms with Gasteiger partial charge in [-0.05, 0) is 61.1 Å². The van der Waals surface area contributed by atoms with Gasteiger partial charge in [0, 0.05) is 38.6 Å². The van der Waals surface area contributed by atoms with Crippen molar-refractivity contribution in [3.05, 3.63) is 83.7 Å². The minimum Gasteiger partial charge on any atom is -0.493 e. The molecule has 2 aromatic carbocycles. The van der Waals surface area contributed by atoms with E-state index in [2.05, 4.69) is 10.3 Å². The standard InChI is InChI=1S/C31H37N5O5/c1-34-15-22-9-10-27(39-3)28(13-22)41-25-8-4-6-23(12-25)21-40-29-18-36(17-26(29)33-30(37)19-34)31(38)20-35(2)16-24-7-5-11-32-14-24/h4-14,26,29H,15-21H2,1-3H3,(H,33,37)/t26-,29-/m0/s1. The molecular formula is C31H37N5O5. The number of benzene rings is 2. The predicted octanol–water partition coefficient (Wildman–Crippen LogP) is 2.67. The minimum atomic E-state index is -0.345. The highest BCUT2D eigenvalue weighted by Crippen LogP contribution is 2.33. The van der Waals surface area contributed by atoms with Crippen LogP contribution in [0.5, 0.6) is 17.2 Å². The van der Waals surface area contributed by atoms with Gasteiger partial charge in [0.05, 0.1) is 39.0 Å². The number of nitrogens with one attached hydrogen (secondary N) is 1. The first-order valence-electron chi connectivity index (χ1n) is 13.7. The molecule has 1 fully saturated rings. The Kier molecular flexibility index (Phi) is 9.13. The number of methoxy groups -OCH3 is 1. The molecule has 2 amide bonds. The summed E-state index contributed by atoms with van der Waals surface area (Å²) in [6.07, 6.45) is 3.19. The molecule has 0 spiro atoms. The number of hydrogen-bond donors (Lipinski definition) is 1. The Hall–Kier alpha value is -3.99. The second kappa shape index (κ2) is 13.1. The lowest BCUT2D eigenvalue weighted by molar-refractivity contribution is -0.132. The Bertz CT molecular complexity index is 1350. The highest BCUT2D eigenvalue weighted by Gasteiger charge is 2.37. The first kappa shape index (κ1) is 28.5. The fourth-order valence-corrected chi connectivity index (χ4v) is 5.27. The molecule has 1 saturated heterocycles. The Morgan fingerprint density at radius 2 is 2.00 bits per heavy atom. The third-order valence-electron chi connectivity index (χ3n) is 7.23. The van der Waals surface area contributed by atoms with Crippen LogP contribution in [0.15, 0.2) is 67.0 Å². The van der Waals surface area contributed by atoms with Crippen molar-refractivity contribution in [3.8, 4) is 17.2 Å². The van der Waals surface area contributed by atoms with Gasteiger partial charge in [-0.3, -0.25) is 24.4 Å². The molecule has 2 aliphatic heterocycles. The summed E-state index contributed by atoms with van der Waals surface area (Å²) in [4.78, 5) is 36.2. The van der Waals surface area contributed by atoms with E-state index in [0.717, 1.165) is 16.7 Å². The largest absolute Gasteiger partial charge is 0.493 e. The average molecular weight is 560 g/mol. The summed E-state index contributed by atoms with van der Waals surface area (Å²) in [6, 6.07) is 17.1. The molecule has 41 heavy (non-hydrogen) atoms. The molecule has 0 radical (unpaired) electrons. The number of hydrogen-bond acceptors (Lipinski definition) is 8. The summed E-state index contributed by atoms with van der Waals surface area (Å²) in [5.74, 6) is 1.78. The Labute approximate surface area is 240 Å². The van der Waals surface area contributed by atoms with E-state index < -0.39 is 0 Å². The van der Waals surface area contributed by atoms with Gasteiger partial charge in [-0.1, -0.05) is 24.3 Å². The van der Waals surface area contributed by atoms with Crippen molar-refractivity contribution in [1.29, 1.82) is 0 Å². The number of amides is 2. The van der Waals surface area contributed by atoms with Crippen LogP contribution < -0.4 is 14.8 Å². The number of aromatic nitrogens is 1. The van der Waals surface area contributed by atoms with Crippen LogP contribution in [0.25, 0.3) is 0 Å². The maximum absolute atomic E-state index is 13.3. The van der Waals surface area contributed by atoms with Crippen LogP contribution in [0.3, 0.4) is 0 Å². The Morgan fingerprint density at radius 3 is 2.80 bits per heavy atom. The molecule has 10 nitrogen and oxygen atoms in total. The average Bonchev–Trinajstić information content (AvgIpc) is 3.34. The lowest BCUT2D eigenvalue weighted by atomic mass is 10.1. The molecule has 216 valence electrons. The predicted molar refractivity (Wildman–Crippen MR) is 154 cm³/mol. The highest BCUT2D eigenvalue weighted by atomic mass is 16.5. The molecule has 10 heteroatoms. The first-order chi connectivity index (χ1) is 19.9. The van der Waals surface area contributed by atoms with Gasteiger partial charge in [-0.15, -0.1) is 0 Å². The van der Waals surface area contributed by atoms with Gasteiger partial charge in [0.15, 0.2) is 11.5 Å². The number of pyridine rings is 1. The topological polar surface area (TPSA) is 96.5 Å². The van der Waals surface area contributed by atoms with E-state index in [4.69, 9.17) is 14.2 Å². The van der Waals surface area contributed by atoms with Gasteiger partial charge in [-0.25, -0.2) is 0 Å². The van der Waals surface area contributed by atoms with Crippen molar-refractivity contribution in [2.75, 3.05) is 47.4 Å². The van der Waals surface area contributed by atoms with Crippen LogP contribution in [-0.4, -0.2) is 91.0 Å². The van der Waals surface area contributed by atoms with Gasteiger partial charge in [0.2, 0.25) is 11.8 Å². The molecule has 2 aliphatic rings. The zero-order valence-electron chi connectivity index (χ0n) is 23.8. The van der Waals surface area contributed by atoms with Crippen molar-refractivity contribution in [2.24, 2.45) is 0 Å². The van der Waals surface area contributed by atoms with Crippen LogP contribution >= 0.6 is 0 Å². The molecule has 0 aliphatic carbocycles. The number of fused-ring (bicyclic) bond motifs is 5. The number of nitrogens with zero attached hydrogens (tertiary/aromatic N) is 4. The van der Waals surface area contributed by atoms with E-state index in [1.54, 1.807) is 24.4 Å². The van der Waals surface area contributed by atoms with Gasteiger partial charge >= 0.3 is 0 Å². The van der Waals surface area contributed by atoms with Crippen molar-refractivity contribution < 1.29 is 23.8 Å². The zero-order valence-corrected chi connectivity index (χ0v) is 23.8. The molecule has 5 rings (SSSR count). The fraction of sp³-hybridized carbons (Fsp3) is 0.387. The van der Waals surface area contributed by atoms with Crippen molar-refractivity contribution in [3.63, 3.8) is 0 Å². The normalized spacial score (nSPS) is 19.8. The maximum atomic E-state index is 13.3. The van der Waals surface area contributed by atoms with Crippen molar-refractivity contribution in [2.45, 2.75) is 31.8 Å². The summed E-state index contributed by atoms with van der Waals surface area (Å²) < 4.78 is 18.1. The quantitative estimate of drug-likeness (QED) is 0.510. The Morgan fingerprint density at radius 1 is 1.12 bits per heavy atom. The summed E-state index contributed by atoms with van der Waals surface area (Å²) in [6.45, 7) is 2.73. The number of likely N-dealkylation sites (tertiary alicyclic amines) is 1. The van der Waals surface area contributed by atoms with Crippen LogP contribution in [0.4, 0.5) is 0 Å². The number of ether oxygens (including phenoxy) is 3. The maximum Gasteiger partial charge on any atom is 0.236 e. The van der Waals surface area contributed by atoms with E-state index in [1.807, 2.05) is 78.5 Å². The van der Waals surface area contributed by atoms with Crippen LogP contribution in [0.2, 0.25) is 0 Å². The molecule has 4 bridgehead atoms. The highest BCUT2D eigenvalue weighted by molar-refractivity contribution is 5.80. The molecule has 1 aromatic heterocycles. The second-order valence-corrected chi connectivity index (χ2v) is 10.8. The van der Waals surface area contributed by atoms with E-state index in [9.17, 15) is 9.59 Å². The van der Waals surface area contributed by atoms with Crippen molar-refractivity contribution in [1.82, 2.24) is 25.0 Å². The molecule has 0 unspecified atom stereocenters. The Balaban J connectivity index is 1.31. The number of likely N-dealkylation sites (N-methyl/N-ethyl adjacent to an activating group) is 2. The summed E-state index contributed by atoms with van der Waals surface area (Å²) in [7, 11) is 5.42. The van der Waals surface area contributed by atoms with Gasteiger partial charge in [0.1, 0.15) is 5.75 Å². The van der Waals surface area contributed by atoms with Crippen LogP contribution in [0.1, 0.15) is 16.7 Å². The first-order valence-corrected chi connectivity index (χ1v) is 13.7. The van der Waals surface area contributed by atoms with Gasteiger partial charge in [-0.2, -0.15) is 0 Å². The molecule has 1 N–H and O–H groups in total. The van der Waals surface area contributed by atoms with Crippen molar-refractivity contribution >= 4 is 11.8 Å². The van der Waals surface area contributed by atoms with Gasteiger partial charge < -0.3 is 24.4 Å². The van der Waals surface area contributed by atoms with Crippen LogP contribution in [-0.2, 0) is 34.0 Å². The van der Waals surface area contributed by atoms with E-state index in [0.29, 0.717) is 50.0 Å². The fourth-order valence-electron chi connectivity index (χ4n) is 5.27. The smallest absolute Gasteiger partial charge is 0.236 e. The monoisotopic (exact) mass is 559 g/mol. The number of carbonyl (C=O) groups is 2. The number of rotatable bonds is 5. The third kappa shape index (κ3) is 7.60. The molecular weight excluding hydrogens is 522 g/mol. The summed E-state index contributed by atoms with van der Waals surface area (Å²) in [5, 5.41) is 3.13. The van der Waals surface area contributed by atoms with Gasteiger partial charge in [0.25, 0.3) is 0 Å². The van der Waals surface area contributed by atoms with E-state index in [-0.39, 0.29) is 37.0 Å².